The van der Waals surface area contributed by atoms with E-state index in [1.54, 1.807) is 18.2 Å². The molecule has 0 fully saturated rings. The van der Waals surface area contributed by atoms with Gasteiger partial charge < -0.3 is 15.2 Å². The molecule has 4 nitrogen and oxygen atoms in total. The van der Waals surface area contributed by atoms with Gasteiger partial charge in [0.05, 0.1) is 11.4 Å². The van der Waals surface area contributed by atoms with E-state index in [1.807, 2.05) is 0 Å². The molecule has 0 amide bonds. The molecule has 1 aromatic rings. The molecular weight excluding hydrogens is 218 g/mol. The molecular formula is C10H8ClNO3. The van der Waals surface area contributed by atoms with Crippen LogP contribution in [0.4, 0.5) is 5.69 Å². The van der Waals surface area contributed by atoms with E-state index in [9.17, 15) is 4.79 Å². The highest BCUT2D eigenvalue weighted by atomic mass is 35.5. The number of carbonyl (C=O) groups is 1. The van der Waals surface area contributed by atoms with Gasteiger partial charge in [-0.05, 0) is 12.1 Å². The summed E-state index contributed by atoms with van der Waals surface area (Å²) < 4.78 is 5.34. The number of halogens is 1. The summed E-state index contributed by atoms with van der Waals surface area (Å²) in [6.07, 6.45) is 1.08. The SMILES string of the molecule is O=C(O)C=C1COc2cc(Cl)ccc2N1. The van der Waals surface area contributed by atoms with Crippen LogP contribution >= 0.6 is 11.6 Å². The van der Waals surface area contributed by atoms with E-state index >= 15 is 0 Å². The molecule has 0 aromatic heterocycles. The van der Waals surface area contributed by atoms with Crippen molar-refractivity contribution in [3.8, 4) is 5.75 Å². The van der Waals surface area contributed by atoms with Crippen LogP contribution in [0.5, 0.6) is 5.75 Å². The lowest BCUT2D eigenvalue weighted by Gasteiger charge is -2.21. The first-order valence-electron chi connectivity index (χ1n) is 4.28. The van der Waals surface area contributed by atoms with Gasteiger partial charge in [-0.1, -0.05) is 11.6 Å². The molecule has 0 spiro atoms. The summed E-state index contributed by atoms with van der Waals surface area (Å²) in [5.41, 5.74) is 1.23. The van der Waals surface area contributed by atoms with Crippen molar-refractivity contribution in [1.29, 1.82) is 0 Å². The van der Waals surface area contributed by atoms with Gasteiger partial charge >= 0.3 is 5.97 Å². The minimum Gasteiger partial charge on any atom is -0.485 e. The fourth-order valence-electron chi connectivity index (χ4n) is 1.31. The Bertz CT molecular complexity index is 442. The van der Waals surface area contributed by atoms with E-state index in [0.717, 1.165) is 11.8 Å². The number of benzene rings is 1. The summed E-state index contributed by atoms with van der Waals surface area (Å²) in [5.74, 6) is -0.372. The van der Waals surface area contributed by atoms with Gasteiger partial charge in [-0.2, -0.15) is 0 Å². The molecule has 15 heavy (non-hydrogen) atoms. The second kappa shape index (κ2) is 3.82. The number of hydrogen-bond acceptors (Lipinski definition) is 3. The fourth-order valence-corrected chi connectivity index (χ4v) is 1.47. The van der Waals surface area contributed by atoms with Crippen molar-refractivity contribution >= 4 is 23.3 Å². The highest BCUT2D eigenvalue weighted by molar-refractivity contribution is 6.30. The molecule has 78 valence electrons. The number of rotatable bonds is 1. The van der Waals surface area contributed by atoms with E-state index in [2.05, 4.69) is 5.32 Å². The second-order valence-corrected chi connectivity index (χ2v) is 3.50. The Kier molecular flexibility index (Phi) is 2.51. The molecule has 1 heterocycles. The topological polar surface area (TPSA) is 58.6 Å². The van der Waals surface area contributed by atoms with Crippen LogP contribution in [0, 0.1) is 0 Å². The number of carboxylic acid groups (broad SMARTS) is 1. The number of hydrogen-bond donors (Lipinski definition) is 2. The van der Waals surface area contributed by atoms with Crippen molar-refractivity contribution in [3.05, 3.63) is 35.0 Å². The Balaban J connectivity index is 2.28. The quantitative estimate of drug-likeness (QED) is 0.719. The number of ether oxygens (including phenoxy) is 1. The minimum atomic E-state index is -1.00. The third-order valence-corrected chi connectivity index (χ3v) is 2.15. The molecule has 0 saturated heterocycles. The van der Waals surface area contributed by atoms with E-state index in [-0.39, 0.29) is 6.61 Å². The highest BCUT2D eigenvalue weighted by Gasteiger charge is 2.14. The predicted octanol–water partition coefficient (Wildman–Crippen LogP) is 2.11. The van der Waals surface area contributed by atoms with Crippen LogP contribution in [-0.2, 0) is 4.79 Å². The molecule has 5 heteroatoms. The fraction of sp³-hybridized carbons (Fsp3) is 0.100. The van der Waals surface area contributed by atoms with Gasteiger partial charge in [0.25, 0.3) is 0 Å². The first-order chi connectivity index (χ1) is 7.15. The number of nitrogens with one attached hydrogen (secondary N) is 1. The van der Waals surface area contributed by atoms with E-state index in [1.165, 1.54) is 0 Å². The molecule has 0 bridgehead atoms. The van der Waals surface area contributed by atoms with E-state index < -0.39 is 5.97 Å². The van der Waals surface area contributed by atoms with E-state index in [0.29, 0.717) is 16.5 Å². The highest BCUT2D eigenvalue weighted by Crippen LogP contribution is 2.32. The number of carboxylic acids is 1. The Morgan fingerprint density at radius 1 is 1.60 bits per heavy atom. The van der Waals surface area contributed by atoms with Gasteiger partial charge in [0.15, 0.2) is 0 Å². The Hall–Kier alpha value is -1.68. The molecule has 2 N–H and O–H groups in total. The van der Waals surface area contributed by atoms with Crippen molar-refractivity contribution in [1.82, 2.24) is 0 Å². The van der Waals surface area contributed by atoms with Crippen molar-refractivity contribution < 1.29 is 14.6 Å². The minimum absolute atomic E-state index is 0.208. The lowest BCUT2D eigenvalue weighted by molar-refractivity contribution is -0.131. The van der Waals surface area contributed by atoms with Crippen LogP contribution < -0.4 is 10.1 Å². The van der Waals surface area contributed by atoms with E-state index in [4.69, 9.17) is 21.4 Å². The summed E-state index contributed by atoms with van der Waals surface area (Å²) >= 11 is 5.78. The third-order valence-electron chi connectivity index (χ3n) is 1.92. The Morgan fingerprint density at radius 2 is 2.40 bits per heavy atom. The Morgan fingerprint density at radius 3 is 3.13 bits per heavy atom. The van der Waals surface area contributed by atoms with Crippen LogP contribution in [-0.4, -0.2) is 17.7 Å². The summed E-state index contributed by atoms with van der Waals surface area (Å²) in [5, 5.41) is 12.1. The number of fused-ring (bicyclic) bond motifs is 1. The monoisotopic (exact) mass is 225 g/mol. The van der Waals surface area contributed by atoms with Crippen molar-refractivity contribution in [3.63, 3.8) is 0 Å². The van der Waals surface area contributed by atoms with Crippen molar-refractivity contribution in [2.75, 3.05) is 11.9 Å². The summed E-state index contributed by atoms with van der Waals surface area (Å²) in [6.45, 7) is 0.208. The Labute approximate surface area is 91.1 Å². The zero-order valence-electron chi connectivity index (χ0n) is 7.66. The molecule has 1 aliphatic rings. The summed E-state index contributed by atoms with van der Waals surface area (Å²) in [4.78, 5) is 10.4. The second-order valence-electron chi connectivity index (χ2n) is 3.06. The van der Waals surface area contributed by atoms with Crippen LogP contribution in [0.3, 0.4) is 0 Å². The zero-order valence-corrected chi connectivity index (χ0v) is 8.41. The predicted molar refractivity (Wildman–Crippen MR) is 56.3 cm³/mol. The molecule has 0 saturated carbocycles. The summed E-state index contributed by atoms with van der Waals surface area (Å²) in [7, 11) is 0. The maximum Gasteiger partial charge on any atom is 0.330 e. The van der Waals surface area contributed by atoms with Gasteiger partial charge in [-0.25, -0.2) is 4.79 Å². The molecule has 0 aliphatic carbocycles. The molecule has 0 unspecified atom stereocenters. The lowest BCUT2D eigenvalue weighted by atomic mass is 10.2. The first-order valence-corrected chi connectivity index (χ1v) is 4.66. The normalized spacial score (nSPS) is 16.5. The lowest BCUT2D eigenvalue weighted by Crippen LogP contribution is -2.17. The standard InChI is InChI=1S/C10H8ClNO3/c11-6-1-2-8-9(3-6)15-5-7(12-8)4-10(13)14/h1-4,12H,5H2,(H,13,14). The average molecular weight is 226 g/mol. The largest absolute Gasteiger partial charge is 0.485 e. The van der Waals surface area contributed by atoms with Crippen molar-refractivity contribution in [2.24, 2.45) is 0 Å². The zero-order chi connectivity index (χ0) is 10.8. The van der Waals surface area contributed by atoms with Crippen LogP contribution in [0.2, 0.25) is 5.02 Å². The van der Waals surface area contributed by atoms with Gasteiger partial charge in [0, 0.05) is 17.2 Å². The van der Waals surface area contributed by atoms with Gasteiger partial charge in [0.1, 0.15) is 12.4 Å². The molecule has 1 aromatic carbocycles. The van der Waals surface area contributed by atoms with Crippen LogP contribution in [0.25, 0.3) is 0 Å². The molecule has 1 aliphatic heterocycles. The third kappa shape index (κ3) is 2.22. The van der Waals surface area contributed by atoms with Gasteiger partial charge in [-0.15, -0.1) is 0 Å². The first kappa shape index (κ1) is 9.86. The number of aliphatic carboxylic acids is 1. The van der Waals surface area contributed by atoms with Crippen LogP contribution in [0.15, 0.2) is 30.0 Å². The maximum atomic E-state index is 10.4. The summed E-state index contributed by atoms with van der Waals surface area (Å²) in [6, 6.07) is 5.13. The van der Waals surface area contributed by atoms with Crippen LogP contribution in [0.1, 0.15) is 0 Å². The molecule has 2 rings (SSSR count). The van der Waals surface area contributed by atoms with Gasteiger partial charge in [-0.3, -0.25) is 0 Å². The van der Waals surface area contributed by atoms with Gasteiger partial charge in [0.2, 0.25) is 0 Å². The maximum absolute atomic E-state index is 10.4. The smallest absolute Gasteiger partial charge is 0.330 e. The van der Waals surface area contributed by atoms with Crippen molar-refractivity contribution in [2.45, 2.75) is 0 Å². The number of anilines is 1. The average Bonchev–Trinajstić information content (AvgIpc) is 2.17. The molecule has 0 radical (unpaired) electrons. The molecule has 0 atom stereocenters.